The summed E-state index contributed by atoms with van der Waals surface area (Å²) >= 11 is 0. The molecule has 0 saturated heterocycles. The molecule has 0 aromatic rings. The van der Waals surface area contributed by atoms with Crippen molar-refractivity contribution in [2.75, 3.05) is 0 Å². The molecule has 8 atom stereocenters. The Morgan fingerprint density at radius 2 is 1.58 bits per heavy atom. The third-order valence-electron chi connectivity index (χ3n) is 8.96. The van der Waals surface area contributed by atoms with Gasteiger partial charge in [-0.25, -0.2) is 0 Å². The van der Waals surface area contributed by atoms with Crippen molar-refractivity contribution < 1.29 is 0 Å². The molecule has 0 aromatic carbocycles. The van der Waals surface area contributed by atoms with Crippen molar-refractivity contribution in [1.82, 2.24) is 0 Å². The molecular formula is C19H30. The molecule has 0 nitrogen and oxygen atoms in total. The minimum Gasteiger partial charge on any atom is -0.0594 e. The van der Waals surface area contributed by atoms with E-state index in [4.69, 9.17) is 0 Å². The zero-order valence-corrected chi connectivity index (χ0v) is 12.8. The van der Waals surface area contributed by atoms with E-state index in [1.165, 1.54) is 17.8 Å². The van der Waals surface area contributed by atoms with Crippen molar-refractivity contribution in [3.8, 4) is 0 Å². The number of hydrogen-bond acceptors (Lipinski definition) is 0. The predicted octanol–water partition coefficient (Wildman–Crippen LogP) is 5.28. The summed E-state index contributed by atoms with van der Waals surface area (Å²) in [6, 6.07) is 0. The van der Waals surface area contributed by atoms with Gasteiger partial charge in [-0.3, -0.25) is 0 Å². The zero-order valence-electron chi connectivity index (χ0n) is 12.8. The van der Waals surface area contributed by atoms with Crippen LogP contribution in [0.2, 0.25) is 0 Å². The summed E-state index contributed by atoms with van der Waals surface area (Å²) in [4.78, 5) is 0. The molecule has 0 heterocycles. The Morgan fingerprint density at radius 1 is 0.737 bits per heavy atom. The highest BCUT2D eigenvalue weighted by Gasteiger charge is 2.69. The molecule has 0 bridgehead atoms. The number of hydrogen-bond donors (Lipinski definition) is 0. The summed E-state index contributed by atoms with van der Waals surface area (Å²) in [6.45, 7) is 5.37. The Bertz CT molecular complexity index is 412. The highest BCUT2D eigenvalue weighted by molar-refractivity contribution is 5.17. The summed E-state index contributed by atoms with van der Waals surface area (Å²) in [6.07, 6.45) is 14.2. The van der Waals surface area contributed by atoms with Crippen molar-refractivity contribution in [1.29, 1.82) is 0 Å². The monoisotopic (exact) mass is 258 g/mol. The zero-order chi connectivity index (χ0) is 12.8. The maximum Gasteiger partial charge on any atom is -0.0261 e. The molecule has 5 aliphatic rings. The fourth-order valence-electron chi connectivity index (χ4n) is 8.20. The molecule has 0 N–H and O–H groups in total. The Morgan fingerprint density at radius 3 is 2.47 bits per heavy atom. The normalized spacial score (nSPS) is 66.0. The lowest BCUT2D eigenvalue weighted by molar-refractivity contribution is -0.0691. The van der Waals surface area contributed by atoms with E-state index < -0.39 is 0 Å². The minimum atomic E-state index is 0.757. The summed E-state index contributed by atoms with van der Waals surface area (Å²) < 4.78 is 0. The van der Waals surface area contributed by atoms with Crippen LogP contribution in [-0.2, 0) is 0 Å². The van der Waals surface area contributed by atoms with E-state index in [0.29, 0.717) is 0 Å². The average molecular weight is 258 g/mol. The van der Waals surface area contributed by atoms with Crippen LogP contribution in [0.3, 0.4) is 0 Å². The van der Waals surface area contributed by atoms with Gasteiger partial charge in [0.2, 0.25) is 0 Å². The molecule has 0 spiro atoms. The molecule has 0 heteroatoms. The first kappa shape index (κ1) is 11.6. The highest BCUT2D eigenvalue weighted by Crippen LogP contribution is 2.76. The molecule has 5 aliphatic carbocycles. The number of rotatable bonds is 0. The third-order valence-corrected chi connectivity index (χ3v) is 8.96. The van der Waals surface area contributed by atoms with Gasteiger partial charge in [-0.05, 0) is 91.3 Å². The molecule has 0 amide bonds. The van der Waals surface area contributed by atoms with Crippen LogP contribution < -0.4 is 0 Å². The molecule has 5 saturated carbocycles. The van der Waals surface area contributed by atoms with E-state index in [0.717, 1.165) is 28.6 Å². The van der Waals surface area contributed by atoms with Crippen molar-refractivity contribution in [3.05, 3.63) is 0 Å². The lowest BCUT2D eigenvalue weighted by atomic mass is 9.49. The summed E-state index contributed by atoms with van der Waals surface area (Å²) in [5, 5.41) is 0. The quantitative estimate of drug-likeness (QED) is 0.555. The first-order valence-electron chi connectivity index (χ1n) is 9.13. The van der Waals surface area contributed by atoms with Gasteiger partial charge < -0.3 is 0 Å². The van der Waals surface area contributed by atoms with Gasteiger partial charge >= 0.3 is 0 Å². The molecule has 106 valence electrons. The minimum absolute atomic E-state index is 0.757. The predicted molar refractivity (Wildman–Crippen MR) is 78.7 cm³/mol. The van der Waals surface area contributed by atoms with Gasteiger partial charge in [0.1, 0.15) is 0 Å². The van der Waals surface area contributed by atoms with Gasteiger partial charge in [-0.1, -0.05) is 26.7 Å². The fraction of sp³-hybridized carbons (Fsp3) is 1.00. The molecule has 0 aliphatic heterocycles. The maximum absolute atomic E-state index is 2.72. The lowest BCUT2D eigenvalue weighted by Gasteiger charge is -2.56. The largest absolute Gasteiger partial charge is 0.0594 e. The van der Waals surface area contributed by atoms with Gasteiger partial charge in [-0.2, -0.15) is 0 Å². The SMILES string of the molecule is C[C@@]12CCCC1C1CC3C4CCC[C@](C)(C1CC2)C43. The first-order valence-corrected chi connectivity index (χ1v) is 9.13. The Balaban J connectivity index is 1.54. The first-order chi connectivity index (χ1) is 9.13. The molecule has 0 aromatic heterocycles. The van der Waals surface area contributed by atoms with Gasteiger partial charge in [0.15, 0.2) is 0 Å². The van der Waals surface area contributed by atoms with Crippen molar-refractivity contribution in [3.63, 3.8) is 0 Å². The molecule has 5 rings (SSSR count). The second-order valence-electron chi connectivity index (χ2n) is 9.45. The van der Waals surface area contributed by atoms with Gasteiger partial charge in [0.25, 0.3) is 0 Å². The van der Waals surface area contributed by atoms with E-state index in [2.05, 4.69) is 13.8 Å². The van der Waals surface area contributed by atoms with Crippen LogP contribution >= 0.6 is 0 Å². The van der Waals surface area contributed by atoms with Crippen LogP contribution in [-0.4, -0.2) is 0 Å². The second-order valence-corrected chi connectivity index (χ2v) is 9.45. The van der Waals surface area contributed by atoms with Crippen LogP contribution in [0.1, 0.15) is 71.6 Å². The van der Waals surface area contributed by atoms with Crippen LogP contribution in [0.4, 0.5) is 0 Å². The Labute approximate surface area is 118 Å². The molecule has 6 unspecified atom stereocenters. The summed E-state index contributed by atoms with van der Waals surface area (Å²) in [7, 11) is 0. The van der Waals surface area contributed by atoms with E-state index in [-0.39, 0.29) is 0 Å². The van der Waals surface area contributed by atoms with Gasteiger partial charge in [-0.15, -0.1) is 0 Å². The van der Waals surface area contributed by atoms with E-state index in [1.54, 1.807) is 57.8 Å². The van der Waals surface area contributed by atoms with Gasteiger partial charge in [0.05, 0.1) is 0 Å². The maximum atomic E-state index is 2.72. The molecular weight excluding hydrogens is 228 g/mol. The number of fused-ring (bicyclic) bond motifs is 5. The van der Waals surface area contributed by atoms with Crippen LogP contribution in [0, 0.1) is 46.3 Å². The van der Waals surface area contributed by atoms with Crippen LogP contribution in [0.25, 0.3) is 0 Å². The summed E-state index contributed by atoms with van der Waals surface area (Å²) in [5.74, 6) is 6.90. The second kappa shape index (κ2) is 3.42. The molecule has 0 radical (unpaired) electrons. The van der Waals surface area contributed by atoms with E-state index in [1.807, 2.05) is 0 Å². The summed E-state index contributed by atoms with van der Waals surface area (Å²) in [5.41, 5.74) is 1.54. The standard InChI is InChI=1S/C19H30/c1-18-8-4-6-15(18)14-11-13-12-5-3-9-19(2,17(12)13)16(14)7-10-18/h12-17H,3-11H2,1-2H3/t12?,13?,14?,15?,16?,17?,18-,19+/m0/s1. The Hall–Kier alpha value is 0. The highest BCUT2D eigenvalue weighted by atomic mass is 14.7. The molecule has 5 fully saturated rings. The van der Waals surface area contributed by atoms with Crippen molar-refractivity contribution in [2.45, 2.75) is 71.6 Å². The average Bonchev–Trinajstić information content (AvgIpc) is 2.94. The van der Waals surface area contributed by atoms with Crippen molar-refractivity contribution >= 4 is 0 Å². The van der Waals surface area contributed by atoms with Crippen LogP contribution in [0.5, 0.6) is 0 Å². The topological polar surface area (TPSA) is 0 Å². The Kier molecular flexibility index (Phi) is 2.09. The third kappa shape index (κ3) is 1.28. The molecule has 19 heavy (non-hydrogen) atoms. The van der Waals surface area contributed by atoms with Gasteiger partial charge in [0, 0.05) is 0 Å². The lowest BCUT2D eigenvalue weighted by Crippen LogP contribution is -2.48. The van der Waals surface area contributed by atoms with Crippen LogP contribution in [0.15, 0.2) is 0 Å². The fourth-order valence-corrected chi connectivity index (χ4v) is 8.20. The smallest absolute Gasteiger partial charge is 0.0261 e. The van der Waals surface area contributed by atoms with E-state index in [9.17, 15) is 0 Å². The van der Waals surface area contributed by atoms with E-state index >= 15 is 0 Å². The van der Waals surface area contributed by atoms with Crippen molar-refractivity contribution in [2.24, 2.45) is 46.3 Å².